The molecule has 1 spiro atoms. The van der Waals surface area contributed by atoms with E-state index in [1.807, 2.05) is 6.07 Å². The van der Waals surface area contributed by atoms with Crippen molar-refractivity contribution in [3.63, 3.8) is 0 Å². The Bertz CT molecular complexity index is 506. The number of hydrogen-bond acceptors (Lipinski definition) is 2. The average molecular weight is 274 g/mol. The Hall–Kier alpha value is -1.02. The van der Waals surface area contributed by atoms with Gasteiger partial charge in [0.2, 0.25) is 0 Å². The zero-order valence-corrected chi connectivity index (χ0v) is 12.9. The van der Waals surface area contributed by atoms with E-state index in [-0.39, 0.29) is 11.7 Å². The van der Waals surface area contributed by atoms with E-state index in [1.54, 1.807) is 0 Å². The highest BCUT2D eigenvalue weighted by Crippen LogP contribution is 2.48. The fraction of sp³-hybridized carbons (Fsp3) is 0.667. The first-order valence-electron chi connectivity index (χ1n) is 7.87. The number of hydrogen-bond donors (Lipinski definition) is 1. The molecule has 0 aromatic heterocycles. The van der Waals surface area contributed by atoms with Crippen molar-refractivity contribution in [1.29, 1.82) is 0 Å². The number of rotatable bonds is 0. The molecule has 0 radical (unpaired) electrons. The molecule has 2 atom stereocenters. The summed E-state index contributed by atoms with van der Waals surface area (Å²) in [6.07, 6.45) is 6.14. The Kier molecular flexibility index (Phi) is 3.32. The molecule has 20 heavy (non-hydrogen) atoms. The summed E-state index contributed by atoms with van der Waals surface area (Å²) >= 11 is 0. The first-order chi connectivity index (χ1) is 9.39. The van der Waals surface area contributed by atoms with Crippen LogP contribution in [-0.2, 0) is 0 Å². The van der Waals surface area contributed by atoms with Gasteiger partial charge in [0.05, 0.1) is 6.10 Å². The Morgan fingerprint density at radius 3 is 2.75 bits per heavy atom. The minimum Gasteiger partial charge on any atom is -0.487 e. The van der Waals surface area contributed by atoms with Crippen LogP contribution in [0, 0.1) is 12.3 Å². The zero-order chi connectivity index (χ0) is 14.4. The maximum atomic E-state index is 10.5. The Labute approximate surface area is 122 Å². The fourth-order valence-electron chi connectivity index (χ4n) is 3.77. The van der Waals surface area contributed by atoms with Crippen LogP contribution < -0.4 is 4.74 Å². The molecule has 1 aliphatic carbocycles. The molecular weight excluding hydrogens is 248 g/mol. The molecule has 2 aliphatic rings. The van der Waals surface area contributed by atoms with Gasteiger partial charge in [-0.3, -0.25) is 0 Å². The summed E-state index contributed by atoms with van der Waals surface area (Å²) in [6.45, 7) is 6.76. The van der Waals surface area contributed by atoms with Gasteiger partial charge in [-0.15, -0.1) is 0 Å². The smallest absolute Gasteiger partial charge is 0.125 e. The van der Waals surface area contributed by atoms with Crippen molar-refractivity contribution in [3.8, 4) is 5.75 Å². The summed E-state index contributed by atoms with van der Waals surface area (Å²) in [4.78, 5) is 0. The van der Waals surface area contributed by atoms with Crippen molar-refractivity contribution in [2.45, 2.75) is 71.0 Å². The van der Waals surface area contributed by atoms with E-state index in [1.165, 1.54) is 24.8 Å². The summed E-state index contributed by atoms with van der Waals surface area (Å²) in [5.41, 5.74) is 2.42. The van der Waals surface area contributed by atoms with E-state index in [2.05, 4.69) is 32.9 Å². The molecule has 1 aliphatic heterocycles. The van der Waals surface area contributed by atoms with Gasteiger partial charge < -0.3 is 9.84 Å². The van der Waals surface area contributed by atoms with Gasteiger partial charge in [0.1, 0.15) is 11.4 Å². The standard InChI is InChI=1S/C18H26O2/c1-13-5-6-16-14(11-13)15(19)12-18(20-16)8-4-7-17(2,3)9-10-18/h5-6,11,15,19H,4,7-10,12H2,1-3H3/t15-,18?/m1/s1. The molecule has 0 saturated heterocycles. The SMILES string of the molecule is Cc1ccc2c(c1)[C@H](O)CC1(CCCC(C)(C)CC1)O2. The number of benzene rings is 1. The number of aliphatic hydroxyl groups excluding tert-OH is 1. The van der Waals surface area contributed by atoms with Gasteiger partial charge >= 0.3 is 0 Å². The lowest BCUT2D eigenvalue weighted by atomic mass is 9.81. The molecule has 1 fully saturated rings. The first-order valence-corrected chi connectivity index (χ1v) is 7.87. The van der Waals surface area contributed by atoms with Gasteiger partial charge in [-0.05, 0) is 56.6 Å². The van der Waals surface area contributed by atoms with Gasteiger partial charge in [-0.2, -0.15) is 0 Å². The van der Waals surface area contributed by atoms with Crippen molar-refractivity contribution >= 4 is 0 Å². The van der Waals surface area contributed by atoms with E-state index >= 15 is 0 Å². The molecule has 0 amide bonds. The Morgan fingerprint density at radius 1 is 1.15 bits per heavy atom. The van der Waals surface area contributed by atoms with Crippen LogP contribution in [0.4, 0.5) is 0 Å². The fourth-order valence-corrected chi connectivity index (χ4v) is 3.77. The van der Waals surface area contributed by atoms with Crippen molar-refractivity contribution in [1.82, 2.24) is 0 Å². The highest BCUT2D eigenvalue weighted by atomic mass is 16.5. The minimum atomic E-state index is -0.375. The van der Waals surface area contributed by atoms with Crippen LogP contribution in [0.1, 0.15) is 69.6 Å². The molecule has 0 bridgehead atoms. The molecule has 2 heteroatoms. The third-order valence-corrected chi connectivity index (χ3v) is 5.16. The van der Waals surface area contributed by atoms with Gasteiger partial charge in [-0.25, -0.2) is 0 Å². The van der Waals surface area contributed by atoms with Crippen LogP contribution in [-0.4, -0.2) is 10.7 Å². The predicted octanol–water partition coefficient (Wildman–Crippen LogP) is 4.54. The highest BCUT2D eigenvalue weighted by molar-refractivity contribution is 5.41. The molecule has 1 N–H and O–H groups in total. The lowest BCUT2D eigenvalue weighted by molar-refractivity contribution is -0.0260. The van der Waals surface area contributed by atoms with Gasteiger partial charge in [0, 0.05) is 12.0 Å². The number of fused-ring (bicyclic) bond motifs is 1. The van der Waals surface area contributed by atoms with Gasteiger partial charge in [-0.1, -0.05) is 25.5 Å². The van der Waals surface area contributed by atoms with Crippen LogP contribution in [0.25, 0.3) is 0 Å². The maximum Gasteiger partial charge on any atom is 0.125 e. The van der Waals surface area contributed by atoms with Crippen molar-refractivity contribution < 1.29 is 9.84 Å². The summed E-state index contributed by atoms with van der Waals surface area (Å²) < 4.78 is 6.40. The lowest BCUT2D eigenvalue weighted by Gasteiger charge is -2.41. The third-order valence-electron chi connectivity index (χ3n) is 5.16. The van der Waals surface area contributed by atoms with E-state index in [0.717, 1.165) is 30.6 Å². The van der Waals surface area contributed by atoms with E-state index in [4.69, 9.17) is 4.74 Å². The van der Waals surface area contributed by atoms with Crippen LogP contribution in [0.15, 0.2) is 18.2 Å². The molecule has 1 heterocycles. The number of aryl methyl sites for hydroxylation is 1. The predicted molar refractivity (Wildman–Crippen MR) is 81.0 cm³/mol. The maximum absolute atomic E-state index is 10.5. The quantitative estimate of drug-likeness (QED) is 0.752. The van der Waals surface area contributed by atoms with Crippen LogP contribution in [0.3, 0.4) is 0 Å². The summed E-state index contributed by atoms with van der Waals surface area (Å²) in [6, 6.07) is 6.17. The Balaban J connectivity index is 1.88. The Morgan fingerprint density at radius 2 is 1.95 bits per heavy atom. The summed E-state index contributed by atoms with van der Waals surface area (Å²) in [5, 5.41) is 10.5. The molecule has 1 unspecified atom stereocenters. The minimum absolute atomic E-state index is 0.143. The zero-order valence-electron chi connectivity index (χ0n) is 12.9. The molecule has 110 valence electrons. The van der Waals surface area contributed by atoms with Crippen LogP contribution >= 0.6 is 0 Å². The molecule has 3 rings (SSSR count). The molecule has 1 saturated carbocycles. The second kappa shape index (κ2) is 4.77. The topological polar surface area (TPSA) is 29.5 Å². The number of aliphatic hydroxyl groups is 1. The largest absolute Gasteiger partial charge is 0.487 e. The molecule has 2 nitrogen and oxygen atoms in total. The highest BCUT2D eigenvalue weighted by Gasteiger charge is 2.42. The second-order valence-corrected chi connectivity index (χ2v) is 7.56. The van der Waals surface area contributed by atoms with E-state index < -0.39 is 0 Å². The van der Waals surface area contributed by atoms with Gasteiger partial charge in [0.25, 0.3) is 0 Å². The van der Waals surface area contributed by atoms with E-state index in [0.29, 0.717) is 5.41 Å². The summed E-state index contributed by atoms with van der Waals surface area (Å²) in [5.74, 6) is 0.897. The molecular formula is C18H26O2. The van der Waals surface area contributed by atoms with Crippen molar-refractivity contribution in [2.24, 2.45) is 5.41 Å². The normalized spacial score (nSPS) is 32.3. The number of ether oxygens (including phenoxy) is 1. The molecule has 1 aromatic carbocycles. The second-order valence-electron chi connectivity index (χ2n) is 7.56. The van der Waals surface area contributed by atoms with E-state index in [9.17, 15) is 5.11 Å². The van der Waals surface area contributed by atoms with Gasteiger partial charge in [0.15, 0.2) is 0 Å². The van der Waals surface area contributed by atoms with Crippen molar-refractivity contribution in [3.05, 3.63) is 29.3 Å². The monoisotopic (exact) mass is 274 g/mol. The third kappa shape index (κ3) is 2.58. The lowest BCUT2D eigenvalue weighted by Crippen LogP contribution is -2.41. The average Bonchev–Trinajstić information content (AvgIpc) is 2.51. The van der Waals surface area contributed by atoms with Crippen molar-refractivity contribution in [2.75, 3.05) is 0 Å². The van der Waals surface area contributed by atoms with Crippen LogP contribution in [0.2, 0.25) is 0 Å². The van der Waals surface area contributed by atoms with Crippen LogP contribution in [0.5, 0.6) is 5.75 Å². The first kappa shape index (κ1) is 13.9. The molecule has 1 aromatic rings. The summed E-state index contributed by atoms with van der Waals surface area (Å²) in [7, 11) is 0.